The van der Waals surface area contributed by atoms with E-state index < -0.39 is 0 Å². The van der Waals surface area contributed by atoms with Gasteiger partial charge in [0.2, 0.25) is 0 Å². The van der Waals surface area contributed by atoms with Crippen LogP contribution in [0.15, 0.2) is 78.9 Å². The van der Waals surface area contributed by atoms with Crippen molar-refractivity contribution in [2.75, 3.05) is 0 Å². The van der Waals surface area contributed by atoms with Crippen molar-refractivity contribution < 1.29 is 5.11 Å². The standard InChI is InChI=1S/C20H14N4.C6H6O.Sn.2H/c1-2-14-10-16-5-6-18(23-16)12-20-8-7-19(24-20)11-17-4-3-15(22-17)9-13(1)21-14;7-6-4-2-1-3-5-6;;;/h1-12,21,24H;1-5,7H;;;. The zero-order valence-corrected chi connectivity index (χ0v) is 21.4. The van der Waals surface area contributed by atoms with Gasteiger partial charge in [-0.05, 0) is 85.0 Å². The molecule has 2 aliphatic heterocycles. The fraction of sp³-hybridized carbons (Fsp3) is 0. The van der Waals surface area contributed by atoms with Gasteiger partial charge in [-0.25, -0.2) is 9.97 Å². The summed E-state index contributed by atoms with van der Waals surface area (Å²) in [6, 6.07) is 25.1. The van der Waals surface area contributed by atoms with Gasteiger partial charge in [0.05, 0.1) is 22.8 Å². The molecule has 0 saturated heterocycles. The van der Waals surface area contributed by atoms with E-state index in [4.69, 9.17) is 5.11 Å². The SMILES string of the molecule is C1=Cc2cc3ccc(cc4nc(cc5ccc(cc1n2)[nH]5)C=C4)[nH]3.Oc1ccccc1.[SnH2]. The fourth-order valence-corrected chi connectivity index (χ4v) is 3.37. The number of nitrogens with zero attached hydrogens (tertiary/aromatic N) is 2. The Kier molecular flexibility index (Phi) is 6.56. The predicted octanol–water partition coefficient (Wildman–Crippen LogP) is 5.13. The van der Waals surface area contributed by atoms with Gasteiger partial charge in [0.1, 0.15) is 5.75 Å². The summed E-state index contributed by atoms with van der Waals surface area (Å²) in [5, 5.41) is 8.63. The molecule has 4 aromatic rings. The first-order valence-electron chi connectivity index (χ1n) is 9.98. The number of rotatable bonds is 0. The summed E-state index contributed by atoms with van der Waals surface area (Å²) in [6.45, 7) is 0. The molecule has 3 aromatic heterocycles. The number of hydrogen-bond acceptors (Lipinski definition) is 3. The molecule has 0 saturated carbocycles. The van der Waals surface area contributed by atoms with E-state index in [1.54, 1.807) is 24.3 Å². The molecule has 2 radical (unpaired) electrons. The molecule has 0 atom stereocenters. The summed E-state index contributed by atoms with van der Waals surface area (Å²) in [5.74, 6) is 0.322. The molecule has 0 unspecified atom stereocenters. The number of hydrogen-bond donors (Lipinski definition) is 3. The van der Waals surface area contributed by atoms with Crippen LogP contribution in [0.3, 0.4) is 0 Å². The van der Waals surface area contributed by atoms with Crippen molar-refractivity contribution >= 4 is 70.3 Å². The second-order valence-corrected chi connectivity index (χ2v) is 7.24. The molecular formula is C26H22N4OSn. The van der Waals surface area contributed by atoms with Crippen molar-refractivity contribution in [3.63, 3.8) is 0 Å². The first-order chi connectivity index (χ1) is 15.2. The number of para-hydroxylation sites is 1. The van der Waals surface area contributed by atoms with Crippen molar-refractivity contribution in [3.8, 4) is 5.75 Å². The van der Waals surface area contributed by atoms with Gasteiger partial charge in [-0.1, -0.05) is 18.2 Å². The number of aromatic nitrogens is 4. The fourth-order valence-electron chi connectivity index (χ4n) is 3.37. The molecule has 6 heteroatoms. The Morgan fingerprint density at radius 2 is 0.844 bits per heavy atom. The number of benzene rings is 1. The second kappa shape index (κ2) is 9.70. The van der Waals surface area contributed by atoms with E-state index in [-0.39, 0.29) is 23.9 Å². The van der Waals surface area contributed by atoms with Gasteiger partial charge < -0.3 is 15.1 Å². The monoisotopic (exact) mass is 526 g/mol. The summed E-state index contributed by atoms with van der Waals surface area (Å²) < 4.78 is 0. The number of phenolic OH excluding ortho intramolecular Hbond substituents is 1. The number of H-pyrrole nitrogens is 2. The van der Waals surface area contributed by atoms with Gasteiger partial charge in [0, 0.05) is 22.1 Å². The van der Waals surface area contributed by atoms with Gasteiger partial charge in [0.25, 0.3) is 0 Å². The number of aromatic hydroxyl groups is 1. The first kappa shape index (κ1) is 21.6. The molecule has 0 amide bonds. The normalized spacial score (nSPS) is 11.4. The molecule has 32 heavy (non-hydrogen) atoms. The molecule has 2 aliphatic rings. The van der Waals surface area contributed by atoms with Gasteiger partial charge >= 0.3 is 23.9 Å². The maximum absolute atomic E-state index is 8.63. The van der Waals surface area contributed by atoms with Crippen molar-refractivity contribution in [2.45, 2.75) is 0 Å². The Morgan fingerprint density at radius 1 is 0.500 bits per heavy atom. The van der Waals surface area contributed by atoms with Crippen LogP contribution in [0.2, 0.25) is 0 Å². The van der Waals surface area contributed by atoms with E-state index in [1.807, 2.05) is 54.6 Å². The summed E-state index contributed by atoms with van der Waals surface area (Å²) in [7, 11) is 0. The second-order valence-electron chi connectivity index (χ2n) is 7.24. The van der Waals surface area contributed by atoms with Crippen LogP contribution >= 0.6 is 0 Å². The predicted molar refractivity (Wildman–Crippen MR) is 136 cm³/mol. The van der Waals surface area contributed by atoms with Crippen LogP contribution in [0, 0.1) is 0 Å². The van der Waals surface area contributed by atoms with Crippen LogP contribution in [0.4, 0.5) is 0 Å². The van der Waals surface area contributed by atoms with E-state index in [2.05, 4.69) is 44.2 Å². The van der Waals surface area contributed by atoms with E-state index in [1.165, 1.54) is 0 Å². The van der Waals surface area contributed by atoms with Crippen LogP contribution in [0.1, 0.15) is 22.8 Å². The number of aromatic amines is 2. The maximum atomic E-state index is 8.63. The van der Waals surface area contributed by atoms with Crippen molar-refractivity contribution in [1.82, 2.24) is 19.9 Å². The zero-order chi connectivity index (χ0) is 21.0. The summed E-state index contributed by atoms with van der Waals surface area (Å²) in [4.78, 5) is 16.0. The molecule has 0 fully saturated rings. The molecule has 0 aliphatic carbocycles. The van der Waals surface area contributed by atoms with E-state index >= 15 is 0 Å². The molecule has 5 heterocycles. The minimum atomic E-state index is 0. The van der Waals surface area contributed by atoms with Crippen LogP contribution in [-0.2, 0) is 0 Å². The summed E-state index contributed by atoms with van der Waals surface area (Å²) in [5.41, 5.74) is 7.86. The summed E-state index contributed by atoms with van der Waals surface area (Å²) >= 11 is 0. The van der Waals surface area contributed by atoms with E-state index in [0.717, 1.165) is 44.8 Å². The number of nitrogens with one attached hydrogen (secondary N) is 2. The van der Waals surface area contributed by atoms with Crippen molar-refractivity contribution in [3.05, 3.63) is 102 Å². The summed E-state index contributed by atoms with van der Waals surface area (Å²) in [6.07, 6.45) is 8.09. The molecule has 0 spiro atoms. The Bertz CT molecular complexity index is 1270. The van der Waals surface area contributed by atoms with Crippen molar-refractivity contribution in [1.29, 1.82) is 0 Å². The van der Waals surface area contributed by atoms with Gasteiger partial charge in [-0.3, -0.25) is 0 Å². The van der Waals surface area contributed by atoms with E-state index in [9.17, 15) is 0 Å². The molecule has 1 aromatic carbocycles. The minimum absolute atomic E-state index is 0. The third-order valence-electron chi connectivity index (χ3n) is 4.80. The zero-order valence-electron chi connectivity index (χ0n) is 17.4. The molecule has 5 nitrogen and oxygen atoms in total. The number of phenols is 1. The molecule has 156 valence electrons. The molecule has 6 rings (SSSR count). The average Bonchev–Trinajstić information content (AvgIpc) is 3.55. The number of fused-ring (bicyclic) bond motifs is 8. The Labute approximate surface area is 202 Å². The topological polar surface area (TPSA) is 77.6 Å². The average molecular weight is 525 g/mol. The van der Waals surface area contributed by atoms with Gasteiger partial charge in [-0.2, -0.15) is 0 Å². The Balaban J connectivity index is 0.000000265. The molecule has 3 N–H and O–H groups in total. The third kappa shape index (κ3) is 5.36. The van der Waals surface area contributed by atoms with Crippen molar-refractivity contribution in [2.24, 2.45) is 0 Å². The van der Waals surface area contributed by atoms with Gasteiger partial charge in [0.15, 0.2) is 0 Å². The van der Waals surface area contributed by atoms with Crippen LogP contribution in [-0.4, -0.2) is 49.0 Å². The van der Waals surface area contributed by atoms with Crippen LogP contribution in [0.25, 0.3) is 46.4 Å². The van der Waals surface area contributed by atoms with Crippen LogP contribution in [0.5, 0.6) is 5.75 Å². The molecule has 8 bridgehead atoms. The quantitative estimate of drug-likeness (QED) is 0.241. The van der Waals surface area contributed by atoms with Crippen LogP contribution < -0.4 is 0 Å². The molecular weight excluding hydrogens is 503 g/mol. The Hall–Kier alpha value is -3.58. The Morgan fingerprint density at radius 3 is 1.12 bits per heavy atom. The van der Waals surface area contributed by atoms with E-state index in [0.29, 0.717) is 5.75 Å². The third-order valence-corrected chi connectivity index (χ3v) is 4.80. The first-order valence-corrected chi connectivity index (χ1v) is 9.98. The van der Waals surface area contributed by atoms with Gasteiger partial charge in [-0.15, -0.1) is 0 Å².